The summed E-state index contributed by atoms with van der Waals surface area (Å²) in [5.74, 6) is -0.958. The number of aromatic nitrogens is 2. The van der Waals surface area contributed by atoms with Gasteiger partial charge in [0.1, 0.15) is 0 Å². The molecule has 0 atom stereocenters. The Morgan fingerprint density at radius 3 is 2.38 bits per heavy atom. The minimum atomic E-state index is -0.958. The van der Waals surface area contributed by atoms with E-state index in [2.05, 4.69) is 9.97 Å². The van der Waals surface area contributed by atoms with E-state index < -0.39 is 5.97 Å². The van der Waals surface area contributed by atoms with Crippen molar-refractivity contribution in [3.05, 3.63) is 48.0 Å². The van der Waals surface area contributed by atoms with Crippen LogP contribution in [0.15, 0.2) is 36.9 Å². The summed E-state index contributed by atoms with van der Waals surface area (Å²) in [6.45, 7) is 1.91. The van der Waals surface area contributed by atoms with Gasteiger partial charge in [0.05, 0.1) is 5.56 Å². The summed E-state index contributed by atoms with van der Waals surface area (Å²) < 4.78 is 0. The molecule has 0 amide bonds. The molecule has 2 rings (SSSR count). The Bertz CT molecular complexity index is 538. The first-order chi connectivity index (χ1) is 7.70. The number of pyridine rings is 2. The zero-order chi connectivity index (χ0) is 11.5. The smallest absolute Gasteiger partial charge is 0.336 e. The van der Waals surface area contributed by atoms with Crippen LogP contribution in [0.3, 0.4) is 0 Å². The molecule has 0 saturated heterocycles. The van der Waals surface area contributed by atoms with Gasteiger partial charge in [0.15, 0.2) is 0 Å². The Labute approximate surface area is 92.6 Å². The highest BCUT2D eigenvalue weighted by Gasteiger charge is 2.12. The first-order valence-electron chi connectivity index (χ1n) is 4.78. The highest BCUT2D eigenvalue weighted by molar-refractivity contribution is 5.95. The number of aryl methyl sites for hydroxylation is 1. The van der Waals surface area contributed by atoms with Gasteiger partial charge in [0.2, 0.25) is 0 Å². The van der Waals surface area contributed by atoms with E-state index in [1.807, 2.05) is 13.0 Å². The maximum absolute atomic E-state index is 11.1. The van der Waals surface area contributed by atoms with Gasteiger partial charge in [-0.15, -0.1) is 0 Å². The number of rotatable bonds is 2. The molecular formula is C12H10N2O2. The number of aromatic carboxylic acids is 1. The normalized spacial score (nSPS) is 10.1. The summed E-state index contributed by atoms with van der Waals surface area (Å²) in [5, 5.41) is 9.07. The molecule has 1 N–H and O–H groups in total. The molecule has 0 bridgehead atoms. The summed E-state index contributed by atoms with van der Waals surface area (Å²) >= 11 is 0. The second-order valence-corrected chi connectivity index (χ2v) is 3.42. The van der Waals surface area contributed by atoms with Crippen LogP contribution in [0.2, 0.25) is 0 Å². The lowest BCUT2D eigenvalue weighted by Gasteiger charge is -2.07. The molecule has 2 aromatic heterocycles. The summed E-state index contributed by atoms with van der Waals surface area (Å²) in [5.41, 5.74) is 2.62. The van der Waals surface area contributed by atoms with Crippen molar-refractivity contribution in [1.29, 1.82) is 0 Å². The third-order valence-electron chi connectivity index (χ3n) is 2.38. The predicted octanol–water partition coefficient (Wildman–Crippen LogP) is 2.15. The lowest BCUT2D eigenvalue weighted by atomic mass is 10.0. The van der Waals surface area contributed by atoms with Crippen molar-refractivity contribution >= 4 is 5.97 Å². The zero-order valence-corrected chi connectivity index (χ0v) is 8.71. The third-order valence-corrected chi connectivity index (χ3v) is 2.38. The van der Waals surface area contributed by atoms with E-state index in [0.29, 0.717) is 5.56 Å². The molecule has 0 aliphatic rings. The molecule has 2 heterocycles. The van der Waals surface area contributed by atoms with Gasteiger partial charge in [-0.3, -0.25) is 9.97 Å². The van der Waals surface area contributed by atoms with Crippen LogP contribution in [0.25, 0.3) is 11.1 Å². The monoisotopic (exact) mass is 214 g/mol. The maximum atomic E-state index is 11.1. The Balaban J connectivity index is 2.65. The largest absolute Gasteiger partial charge is 0.478 e. The van der Waals surface area contributed by atoms with E-state index in [0.717, 1.165) is 11.1 Å². The summed E-state index contributed by atoms with van der Waals surface area (Å²) in [4.78, 5) is 19.0. The number of carboxylic acids is 1. The SMILES string of the molecule is Cc1ccncc1-c1cnccc1C(=O)O. The van der Waals surface area contributed by atoms with Crippen molar-refractivity contribution in [2.75, 3.05) is 0 Å². The van der Waals surface area contributed by atoms with Crippen LogP contribution in [0.5, 0.6) is 0 Å². The van der Waals surface area contributed by atoms with Crippen LogP contribution in [-0.4, -0.2) is 21.0 Å². The first-order valence-corrected chi connectivity index (χ1v) is 4.78. The number of carboxylic acid groups (broad SMARTS) is 1. The van der Waals surface area contributed by atoms with Crippen molar-refractivity contribution in [1.82, 2.24) is 9.97 Å². The van der Waals surface area contributed by atoms with Crippen molar-refractivity contribution in [3.63, 3.8) is 0 Å². The van der Waals surface area contributed by atoms with Crippen LogP contribution >= 0.6 is 0 Å². The van der Waals surface area contributed by atoms with Crippen molar-refractivity contribution in [3.8, 4) is 11.1 Å². The van der Waals surface area contributed by atoms with Crippen LogP contribution in [-0.2, 0) is 0 Å². The second-order valence-electron chi connectivity index (χ2n) is 3.42. The molecule has 16 heavy (non-hydrogen) atoms. The number of hydrogen-bond acceptors (Lipinski definition) is 3. The Hall–Kier alpha value is -2.23. The van der Waals surface area contributed by atoms with Crippen LogP contribution in [0, 0.1) is 6.92 Å². The molecular weight excluding hydrogens is 204 g/mol. The van der Waals surface area contributed by atoms with Crippen LogP contribution in [0.4, 0.5) is 0 Å². The zero-order valence-electron chi connectivity index (χ0n) is 8.71. The minimum absolute atomic E-state index is 0.242. The molecule has 0 spiro atoms. The lowest BCUT2D eigenvalue weighted by Crippen LogP contribution is -2.00. The van der Waals surface area contributed by atoms with E-state index in [9.17, 15) is 4.79 Å². The van der Waals surface area contributed by atoms with Crippen LogP contribution in [0.1, 0.15) is 15.9 Å². The third kappa shape index (κ3) is 1.77. The Morgan fingerprint density at radius 2 is 1.75 bits per heavy atom. The van der Waals surface area contributed by atoms with Gasteiger partial charge in [-0.2, -0.15) is 0 Å². The number of nitrogens with zero attached hydrogens (tertiary/aromatic N) is 2. The molecule has 0 unspecified atom stereocenters. The van der Waals surface area contributed by atoms with Crippen molar-refractivity contribution < 1.29 is 9.90 Å². The van der Waals surface area contributed by atoms with Gasteiger partial charge in [0.25, 0.3) is 0 Å². The topological polar surface area (TPSA) is 63.1 Å². The molecule has 0 aliphatic heterocycles. The summed E-state index contributed by atoms with van der Waals surface area (Å²) in [7, 11) is 0. The minimum Gasteiger partial charge on any atom is -0.478 e. The second kappa shape index (κ2) is 4.10. The lowest BCUT2D eigenvalue weighted by molar-refractivity contribution is 0.0697. The molecule has 80 valence electrons. The molecule has 0 saturated carbocycles. The fourth-order valence-corrected chi connectivity index (χ4v) is 1.54. The summed E-state index contributed by atoms with van der Waals surface area (Å²) in [6, 6.07) is 3.33. The average molecular weight is 214 g/mol. The standard InChI is InChI=1S/C12H10N2O2/c1-8-2-4-13-6-10(8)11-7-14-5-3-9(11)12(15)16/h2-7H,1H3,(H,15,16). The van der Waals surface area contributed by atoms with Gasteiger partial charge in [-0.05, 0) is 24.6 Å². The fraction of sp³-hybridized carbons (Fsp3) is 0.0833. The van der Waals surface area contributed by atoms with E-state index in [1.165, 1.54) is 12.3 Å². The molecule has 4 heteroatoms. The molecule has 0 fully saturated rings. The predicted molar refractivity (Wildman–Crippen MR) is 59.2 cm³/mol. The van der Waals surface area contributed by atoms with Crippen LogP contribution < -0.4 is 0 Å². The van der Waals surface area contributed by atoms with Gasteiger partial charge in [-0.1, -0.05) is 0 Å². The Kier molecular flexibility index (Phi) is 2.64. The van der Waals surface area contributed by atoms with E-state index in [-0.39, 0.29) is 5.56 Å². The van der Waals surface area contributed by atoms with E-state index in [4.69, 9.17) is 5.11 Å². The van der Waals surface area contributed by atoms with Gasteiger partial charge in [-0.25, -0.2) is 4.79 Å². The molecule has 0 radical (unpaired) electrons. The quantitative estimate of drug-likeness (QED) is 0.831. The highest BCUT2D eigenvalue weighted by atomic mass is 16.4. The molecule has 4 nitrogen and oxygen atoms in total. The summed E-state index contributed by atoms with van der Waals surface area (Å²) in [6.07, 6.45) is 6.35. The fourth-order valence-electron chi connectivity index (χ4n) is 1.54. The van der Waals surface area contributed by atoms with Gasteiger partial charge in [0, 0.05) is 35.9 Å². The number of hydrogen-bond donors (Lipinski definition) is 1. The number of carbonyl (C=O) groups is 1. The molecule has 0 aliphatic carbocycles. The highest BCUT2D eigenvalue weighted by Crippen LogP contribution is 2.24. The maximum Gasteiger partial charge on any atom is 0.336 e. The van der Waals surface area contributed by atoms with Crippen molar-refractivity contribution in [2.45, 2.75) is 6.92 Å². The van der Waals surface area contributed by atoms with Crippen molar-refractivity contribution in [2.24, 2.45) is 0 Å². The Morgan fingerprint density at radius 1 is 1.12 bits per heavy atom. The first kappa shape index (κ1) is 10.3. The molecule has 0 aromatic carbocycles. The van der Waals surface area contributed by atoms with Gasteiger partial charge >= 0.3 is 5.97 Å². The van der Waals surface area contributed by atoms with Gasteiger partial charge < -0.3 is 5.11 Å². The van der Waals surface area contributed by atoms with E-state index in [1.54, 1.807) is 18.6 Å². The van der Waals surface area contributed by atoms with E-state index >= 15 is 0 Å². The average Bonchev–Trinajstić information content (AvgIpc) is 2.29. The molecule has 2 aromatic rings.